The smallest absolute Gasteiger partial charge is 0.312 e. The second-order valence-corrected chi connectivity index (χ2v) is 6.46. The first-order valence-electron chi connectivity index (χ1n) is 8.27. The van der Waals surface area contributed by atoms with Crippen LogP contribution in [-0.4, -0.2) is 26.2 Å². The fraction of sp³-hybridized carbons (Fsp3) is 0. The molecule has 28 heavy (non-hydrogen) atoms. The van der Waals surface area contributed by atoms with Gasteiger partial charge in [0.15, 0.2) is 0 Å². The van der Waals surface area contributed by atoms with Crippen LogP contribution >= 0.6 is 11.6 Å². The third-order valence-electron chi connectivity index (χ3n) is 4.16. The summed E-state index contributed by atoms with van der Waals surface area (Å²) in [5.41, 5.74) is 3.06. The van der Waals surface area contributed by atoms with Crippen LogP contribution < -0.4 is 0 Å². The molecule has 1 aromatic heterocycles. The second-order valence-electron chi connectivity index (χ2n) is 6.03. The average molecular weight is 393 g/mol. The summed E-state index contributed by atoms with van der Waals surface area (Å²) in [6.45, 7) is 0. The van der Waals surface area contributed by atoms with E-state index >= 15 is 0 Å². The molecule has 4 rings (SSSR count). The van der Waals surface area contributed by atoms with Crippen LogP contribution in [0.25, 0.3) is 22.4 Å². The molecule has 0 bridgehead atoms. The van der Waals surface area contributed by atoms with Crippen molar-refractivity contribution in [1.29, 1.82) is 0 Å². The molecule has 0 radical (unpaired) electrons. The number of nitrogens with zero attached hydrogens (tertiary/aromatic N) is 3. The van der Waals surface area contributed by atoms with Crippen molar-refractivity contribution in [2.75, 3.05) is 0 Å². The maximum atomic E-state index is 11.0. The second kappa shape index (κ2) is 7.13. The first kappa shape index (κ1) is 17.7. The molecule has 0 fully saturated rings. The molecule has 0 aliphatic rings. The molecule has 2 N–H and O–H groups in total. The maximum Gasteiger partial charge on any atom is 0.312 e. The molecule has 138 valence electrons. The Labute approximate surface area is 164 Å². The molecule has 4 aromatic rings. The SMILES string of the molecule is O=[N+]([O-])c1cc(Cl)cc(C=Nc2ccc(-c3nc4ccccc4[nH]3)cc2)c1O. The molecule has 1 heterocycles. The number of hydrogen-bond donors (Lipinski definition) is 2. The minimum atomic E-state index is -0.694. The number of halogens is 1. The number of nitro benzene ring substituents is 1. The highest BCUT2D eigenvalue weighted by atomic mass is 35.5. The number of phenols is 1. The molecule has 0 aliphatic carbocycles. The Hall–Kier alpha value is -3.71. The minimum Gasteiger partial charge on any atom is -0.502 e. The van der Waals surface area contributed by atoms with Crippen LogP contribution in [0.3, 0.4) is 0 Å². The topological polar surface area (TPSA) is 104 Å². The Morgan fingerprint density at radius 2 is 1.89 bits per heavy atom. The van der Waals surface area contributed by atoms with Crippen LogP contribution in [0.5, 0.6) is 5.75 Å². The first-order chi connectivity index (χ1) is 13.5. The van der Waals surface area contributed by atoms with Crippen molar-refractivity contribution < 1.29 is 10.0 Å². The summed E-state index contributed by atoms with van der Waals surface area (Å²) in [7, 11) is 0. The largest absolute Gasteiger partial charge is 0.502 e. The molecule has 0 saturated carbocycles. The zero-order chi connectivity index (χ0) is 19.7. The number of hydrogen-bond acceptors (Lipinski definition) is 5. The lowest BCUT2D eigenvalue weighted by molar-refractivity contribution is -0.385. The summed E-state index contributed by atoms with van der Waals surface area (Å²) >= 11 is 5.88. The minimum absolute atomic E-state index is 0.145. The summed E-state index contributed by atoms with van der Waals surface area (Å²) in [5, 5.41) is 21.1. The number of aromatic hydroxyl groups is 1. The van der Waals surface area contributed by atoms with Crippen LogP contribution in [0.15, 0.2) is 65.7 Å². The molecule has 0 aliphatic heterocycles. The molecular formula is C20H13ClN4O3. The standard InChI is InChI=1S/C20H13ClN4O3/c21-14-9-13(19(26)18(10-14)25(27)28)11-22-15-7-5-12(6-8-15)20-23-16-3-1-2-4-17(16)24-20/h1-11,26H,(H,23,24). The van der Waals surface area contributed by atoms with Gasteiger partial charge in [0, 0.05) is 28.4 Å². The van der Waals surface area contributed by atoms with E-state index < -0.39 is 16.4 Å². The molecule has 0 unspecified atom stereocenters. The van der Waals surface area contributed by atoms with Crippen LogP contribution in [0.4, 0.5) is 11.4 Å². The lowest BCUT2D eigenvalue weighted by atomic mass is 10.1. The van der Waals surface area contributed by atoms with Crippen LogP contribution in [0.2, 0.25) is 5.02 Å². The summed E-state index contributed by atoms with van der Waals surface area (Å²) < 4.78 is 0. The van der Waals surface area contributed by atoms with E-state index in [1.165, 1.54) is 12.3 Å². The van der Waals surface area contributed by atoms with Gasteiger partial charge in [-0.1, -0.05) is 23.7 Å². The number of H-pyrrole nitrogens is 1. The molecule has 8 heteroatoms. The number of nitrogens with one attached hydrogen (secondary N) is 1. The van der Waals surface area contributed by atoms with Crippen molar-refractivity contribution in [3.8, 4) is 17.1 Å². The predicted molar refractivity (Wildman–Crippen MR) is 109 cm³/mol. The van der Waals surface area contributed by atoms with E-state index in [9.17, 15) is 15.2 Å². The molecule has 3 aromatic carbocycles. The number of imidazole rings is 1. The van der Waals surface area contributed by atoms with Gasteiger partial charge in [-0.25, -0.2) is 4.98 Å². The fourth-order valence-corrected chi connectivity index (χ4v) is 3.00. The molecule has 0 saturated heterocycles. The fourth-order valence-electron chi connectivity index (χ4n) is 2.78. The van der Waals surface area contributed by atoms with Gasteiger partial charge < -0.3 is 10.1 Å². The summed E-state index contributed by atoms with van der Waals surface area (Å²) in [5.74, 6) is 0.275. The van der Waals surface area contributed by atoms with Crippen LogP contribution in [0, 0.1) is 10.1 Å². The Morgan fingerprint density at radius 3 is 2.61 bits per heavy atom. The number of nitro groups is 1. The normalized spacial score (nSPS) is 11.3. The Bertz CT molecular complexity index is 1180. The molecule has 0 amide bonds. The summed E-state index contributed by atoms with van der Waals surface area (Å²) in [4.78, 5) is 22.3. The highest BCUT2D eigenvalue weighted by molar-refractivity contribution is 6.31. The van der Waals surface area contributed by atoms with Gasteiger partial charge in [-0.15, -0.1) is 0 Å². The Kier molecular flexibility index (Phi) is 4.50. The van der Waals surface area contributed by atoms with E-state index in [1.807, 2.05) is 36.4 Å². The number of phenolic OH excluding ortho intramolecular Hbond substituents is 1. The summed E-state index contributed by atoms with van der Waals surface area (Å²) in [6, 6.07) is 17.6. The van der Waals surface area contributed by atoms with Gasteiger partial charge >= 0.3 is 5.69 Å². The number of fused-ring (bicyclic) bond motifs is 1. The first-order valence-corrected chi connectivity index (χ1v) is 8.65. The molecule has 0 atom stereocenters. The van der Waals surface area contributed by atoms with E-state index in [0.29, 0.717) is 5.69 Å². The predicted octanol–water partition coefficient (Wildman–Crippen LogP) is 5.25. The quantitative estimate of drug-likeness (QED) is 0.281. The van der Waals surface area contributed by atoms with Gasteiger partial charge in [-0.2, -0.15) is 0 Å². The van der Waals surface area contributed by atoms with E-state index in [0.717, 1.165) is 28.5 Å². The number of rotatable bonds is 4. The van der Waals surface area contributed by atoms with E-state index in [2.05, 4.69) is 15.0 Å². The summed E-state index contributed by atoms with van der Waals surface area (Å²) in [6.07, 6.45) is 1.34. The van der Waals surface area contributed by atoms with Crippen LogP contribution in [-0.2, 0) is 0 Å². The van der Waals surface area contributed by atoms with Gasteiger partial charge in [-0.05, 0) is 42.5 Å². The highest BCUT2D eigenvalue weighted by Gasteiger charge is 2.17. The number of aromatic nitrogens is 2. The average Bonchev–Trinajstić information content (AvgIpc) is 3.13. The van der Waals surface area contributed by atoms with Crippen molar-refractivity contribution in [3.63, 3.8) is 0 Å². The monoisotopic (exact) mass is 392 g/mol. The van der Waals surface area contributed by atoms with E-state index in [1.54, 1.807) is 12.1 Å². The van der Waals surface area contributed by atoms with Crippen molar-refractivity contribution in [1.82, 2.24) is 9.97 Å². The molecule has 7 nitrogen and oxygen atoms in total. The van der Waals surface area contributed by atoms with E-state index in [-0.39, 0.29) is 10.6 Å². The Balaban J connectivity index is 1.60. The number of para-hydroxylation sites is 2. The van der Waals surface area contributed by atoms with Crippen molar-refractivity contribution >= 4 is 40.2 Å². The third kappa shape index (κ3) is 3.43. The lowest BCUT2D eigenvalue weighted by Crippen LogP contribution is -1.92. The lowest BCUT2D eigenvalue weighted by Gasteiger charge is -2.02. The van der Waals surface area contributed by atoms with Crippen molar-refractivity contribution in [3.05, 3.63) is 81.4 Å². The van der Waals surface area contributed by atoms with Gasteiger partial charge in [0.1, 0.15) is 5.82 Å². The zero-order valence-electron chi connectivity index (χ0n) is 14.3. The zero-order valence-corrected chi connectivity index (χ0v) is 15.1. The number of benzene rings is 3. The third-order valence-corrected chi connectivity index (χ3v) is 4.38. The molecular weight excluding hydrogens is 380 g/mol. The van der Waals surface area contributed by atoms with Crippen molar-refractivity contribution in [2.45, 2.75) is 0 Å². The van der Waals surface area contributed by atoms with E-state index in [4.69, 9.17) is 11.6 Å². The molecule has 0 spiro atoms. The Morgan fingerprint density at radius 1 is 1.14 bits per heavy atom. The van der Waals surface area contributed by atoms with Crippen molar-refractivity contribution in [2.24, 2.45) is 4.99 Å². The van der Waals surface area contributed by atoms with Gasteiger partial charge in [0.25, 0.3) is 0 Å². The number of aromatic amines is 1. The maximum absolute atomic E-state index is 11.0. The number of aliphatic imine (C=N–C) groups is 1. The van der Waals surface area contributed by atoms with Gasteiger partial charge in [0.2, 0.25) is 5.75 Å². The van der Waals surface area contributed by atoms with Gasteiger partial charge in [0.05, 0.1) is 21.6 Å². The highest BCUT2D eigenvalue weighted by Crippen LogP contribution is 2.32. The van der Waals surface area contributed by atoms with Gasteiger partial charge in [-0.3, -0.25) is 15.1 Å². The van der Waals surface area contributed by atoms with Crippen LogP contribution in [0.1, 0.15) is 5.56 Å².